The van der Waals surface area contributed by atoms with Gasteiger partial charge in [-0.15, -0.1) is 10.2 Å². The molecule has 1 aliphatic heterocycles. The third-order valence-electron chi connectivity index (χ3n) is 3.95. The molecule has 1 atom stereocenters. The van der Waals surface area contributed by atoms with E-state index in [1.807, 2.05) is 0 Å². The minimum absolute atomic E-state index is 0.381. The third-order valence-corrected chi connectivity index (χ3v) is 3.95. The van der Waals surface area contributed by atoms with E-state index in [1.54, 1.807) is 0 Å². The summed E-state index contributed by atoms with van der Waals surface area (Å²) in [6.07, 6.45) is 4.31. The second kappa shape index (κ2) is 6.18. The Kier molecular flexibility index (Phi) is 4.11. The lowest BCUT2D eigenvalue weighted by Gasteiger charge is -2.24. The van der Waals surface area contributed by atoms with Crippen LogP contribution in [0.3, 0.4) is 0 Å². The van der Waals surface area contributed by atoms with Gasteiger partial charge in [0.2, 0.25) is 0 Å². The van der Waals surface area contributed by atoms with Gasteiger partial charge in [0, 0.05) is 19.5 Å². The van der Waals surface area contributed by atoms with Crippen molar-refractivity contribution in [1.82, 2.24) is 20.1 Å². The average Bonchev–Trinajstić information content (AvgIpc) is 2.91. The van der Waals surface area contributed by atoms with Crippen molar-refractivity contribution < 1.29 is 0 Å². The molecule has 0 aliphatic carbocycles. The number of nitrogens with zero attached hydrogens (tertiary/aromatic N) is 3. The molecule has 0 amide bonds. The van der Waals surface area contributed by atoms with Crippen molar-refractivity contribution in [3.63, 3.8) is 0 Å². The average molecular weight is 270 g/mol. The van der Waals surface area contributed by atoms with E-state index in [0.29, 0.717) is 6.04 Å². The zero-order chi connectivity index (χ0) is 13.8. The van der Waals surface area contributed by atoms with Crippen molar-refractivity contribution in [2.24, 2.45) is 0 Å². The van der Waals surface area contributed by atoms with Crippen LogP contribution in [0.2, 0.25) is 0 Å². The molecule has 2 aromatic rings. The van der Waals surface area contributed by atoms with E-state index in [4.69, 9.17) is 0 Å². The summed E-state index contributed by atoms with van der Waals surface area (Å²) in [6, 6.07) is 11.0. The molecule has 20 heavy (non-hydrogen) atoms. The highest BCUT2D eigenvalue weighted by Gasteiger charge is 2.23. The molecule has 1 aromatic carbocycles. The van der Waals surface area contributed by atoms with Crippen LogP contribution >= 0.6 is 0 Å². The van der Waals surface area contributed by atoms with Gasteiger partial charge in [0.05, 0.1) is 6.04 Å². The number of aryl methyl sites for hydroxylation is 2. The monoisotopic (exact) mass is 270 g/mol. The quantitative estimate of drug-likeness (QED) is 0.907. The first-order valence-corrected chi connectivity index (χ1v) is 7.57. The fourth-order valence-electron chi connectivity index (χ4n) is 2.90. The predicted octanol–water partition coefficient (Wildman–Crippen LogP) is 2.51. The number of fused-ring (bicyclic) bond motifs is 1. The maximum Gasteiger partial charge on any atom is 0.150 e. The van der Waals surface area contributed by atoms with E-state index in [0.717, 1.165) is 44.0 Å². The molecule has 0 saturated carbocycles. The molecule has 1 aliphatic rings. The number of nitrogens with one attached hydrogen (secondary N) is 1. The van der Waals surface area contributed by atoms with Gasteiger partial charge in [-0.3, -0.25) is 0 Å². The lowest BCUT2D eigenvalue weighted by atomic mass is 10.1. The molecule has 4 heteroatoms. The number of rotatable bonds is 5. The Balaban J connectivity index is 1.72. The highest BCUT2D eigenvalue weighted by molar-refractivity contribution is 5.16. The molecule has 1 aromatic heterocycles. The van der Waals surface area contributed by atoms with E-state index in [1.165, 1.54) is 12.0 Å². The normalized spacial score (nSPS) is 17.9. The number of hydrogen-bond acceptors (Lipinski definition) is 3. The summed E-state index contributed by atoms with van der Waals surface area (Å²) in [5.41, 5.74) is 1.36. The topological polar surface area (TPSA) is 42.7 Å². The molecule has 0 spiro atoms. The molecular weight excluding hydrogens is 248 g/mol. The molecule has 1 N–H and O–H groups in total. The number of aromatic nitrogens is 3. The van der Waals surface area contributed by atoms with Gasteiger partial charge >= 0.3 is 0 Å². The van der Waals surface area contributed by atoms with Crippen molar-refractivity contribution in [2.45, 2.75) is 45.2 Å². The standard InChI is InChI=1S/C16H22N4/c1-2-6-14-16-19-18-15(20(16)12-11-17-14)10-9-13-7-4-3-5-8-13/h3-5,7-8,14,17H,2,6,9-12H2,1H3. The van der Waals surface area contributed by atoms with Gasteiger partial charge in [-0.25, -0.2) is 0 Å². The smallest absolute Gasteiger partial charge is 0.150 e. The zero-order valence-corrected chi connectivity index (χ0v) is 12.0. The molecule has 1 unspecified atom stereocenters. The van der Waals surface area contributed by atoms with Crippen LogP contribution in [0.5, 0.6) is 0 Å². The first-order chi connectivity index (χ1) is 9.88. The molecule has 3 rings (SSSR count). The van der Waals surface area contributed by atoms with Crippen LogP contribution in [0.4, 0.5) is 0 Å². The van der Waals surface area contributed by atoms with E-state index in [-0.39, 0.29) is 0 Å². The van der Waals surface area contributed by atoms with E-state index < -0.39 is 0 Å². The van der Waals surface area contributed by atoms with E-state index >= 15 is 0 Å². The maximum absolute atomic E-state index is 4.42. The van der Waals surface area contributed by atoms with Crippen LogP contribution in [0.25, 0.3) is 0 Å². The van der Waals surface area contributed by atoms with Crippen LogP contribution < -0.4 is 5.32 Å². The fourth-order valence-corrected chi connectivity index (χ4v) is 2.90. The number of hydrogen-bond donors (Lipinski definition) is 1. The van der Waals surface area contributed by atoms with Gasteiger partial charge < -0.3 is 9.88 Å². The Bertz CT molecular complexity index is 547. The summed E-state index contributed by atoms with van der Waals surface area (Å²) in [5, 5.41) is 12.4. The Labute approximate surface area is 120 Å². The lowest BCUT2D eigenvalue weighted by Crippen LogP contribution is -2.34. The Hall–Kier alpha value is -1.68. The van der Waals surface area contributed by atoms with Gasteiger partial charge in [-0.2, -0.15) is 0 Å². The summed E-state index contributed by atoms with van der Waals surface area (Å²) in [7, 11) is 0. The maximum atomic E-state index is 4.42. The summed E-state index contributed by atoms with van der Waals surface area (Å²) < 4.78 is 2.32. The molecule has 4 nitrogen and oxygen atoms in total. The summed E-state index contributed by atoms with van der Waals surface area (Å²) in [5.74, 6) is 2.26. The van der Waals surface area contributed by atoms with Gasteiger partial charge in [-0.05, 0) is 18.4 Å². The van der Waals surface area contributed by atoms with Gasteiger partial charge in [0.1, 0.15) is 11.6 Å². The first kappa shape index (κ1) is 13.3. The summed E-state index contributed by atoms with van der Waals surface area (Å²) in [4.78, 5) is 0. The van der Waals surface area contributed by atoms with Crippen LogP contribution in [0.1, 0.15) is 43.0 Å². The molecule has 106 valence electrons. The molecule has 0 saturated heterocycles. The molecule has 2 heterocycles. The minimum Gasteiger partial charge on any atom is -0.312 e. The highest BCUT2D eigenvalue weighted by Crippen LogP contribution is 2.21. The van der Waals surface area contributed by atoms with E-state index in [9.17, 15) is 0 Å². The van der Waals surface area contributed by atoms with Crippen LogP contribution in [-0.4, -0.2) is 21.3 Å². The van der Waals surface area contributed by atoms with Gasteiger partial charge in [0.15, 0.2) is 0 Å². The summed E-state index contributed by atoms with van der Waals surface area (Å²) in [6.45, 7) is 4.23. The SMILES string of the molecule is CCCC1NCCn2c(CCc3ccccc3)nnc21. The fraction of sp³-hybridized carbons (Fsp3) is 0.500. The zero-order valence-electron chi connectivity index (χ0n) is 12.0. The second-order valence-electron chi connectivity index (χ2n) is 5.41. The summed E-state index contributed by atoms with van der Waals surface area (Å²) >= 11 is 0. The van der Waals surface area contributed by atoms with Crippen molar-refractivity contribution in [3.05, 3.63) is 47.5 Å². The Morgan fingerprint density at radius 1 is 1.20 bits per heavy atom. The largest absolute Gasteiger partial charge is 0.312 e. The molecule has 0 radical (unpaired) electrons. The first-order valence-electron chi connectivity index (χ1n) is 7.57. The third kappa shape index (κ3) is 2.75. The second-order valence-corrected chi connectivity index (χ2v) is 5.41. The Morgan fingerprint density at radius 2 is 2.05 bits per heavy atom. The van der Waals surface area contributed by atoms with Gasteiger partial charge in [-0.1, -0.05) is 43.7 Å². The highest BCUT2D eigenvalue weighted by atomic mass is 15.3. The predicted molar refractivity (Wildman–Crippen MR) is 79.5 cm³/mol. The van der Waals surface area contributed by atoms with Gasteiger partial charge in [0.25, 0.3) is 0 Å². The molecular formula is C16H22N4. The van der Waals surface area contributed by atoms with Crippen molar-refractivity contribution in [2.75, 3.05) is 6.54 Å². The van der Waals surface area contributed by atoms with Crippen LogP contribution in [0.15, 0.2) is 30.3 Å². The molecule has 0 bridgehead atoms. The van der Waals surface area contributed by atoms with Crippen molar-refractivity contribution >= 4 is 0 Å². The Morgan fingerprint density at radius 3 is 2.85 bits per heavy atom. The van der Waals surface area contributed by atoms with Crippen LogP contribution in [0, 0.1) is 0 Å². The van der Waals surface area contributed by atoms with Crippen LogP contribution in [-0.2, 0) is 19.4 Å². The lowest BCUT2D eigenvalue weighted by molar-refractivity contribution is 0.388. The minimum atomic E-state index is 0.381. The van der Waals surface area contributed by atoms with E-state index in [2.05, 4.69) is 57.3 Å². The van der Waals surface area contributed by atoms with Crippen molar-refractivity contribution in [1.29, 1.82) is 0 Å². The van der Waals surface area contributed by atoms with Crippen molar-refractivity contribution in [3.8, 4) is 0 Å². The molecule has 0 fully saturated rings. The number of benzene rings is 1.